The van der Waals surface area contributed by atoms with Gasteiger partial charge in [-0.2, -0.15) is 5.10 Å². The maximum Gasteiger partial charge on any atom is 0.272 e. The average molecular weight is 385 g/mol. The highest BCUT2D eigenvalue weighted by Crippen LogP contribution is 2.52. The lowest BCUT2D eigenvalue weighted by molar-refractivity contribution is -0.164. The van der Waals surface area contributed by atoms with E-state index in [9.17, 15) is 4.79 Å². The summed E-state index contributed by atoms with van der Waals surface area (Å²) in [6.45, 7) is 8.53. The van der Waals surface area contributed by atoms with Crippen molar-refractivity contribution >= 4 is 18.3 Å². The quantitative estimate of drug-likeness (QED) is 0.791. The van der Waals surface area contributed by atoms with Crippen molar-refractivity contribution in [3.63, 3.8) is 0 Å². The maximum atomic E-state index is 12.8. The molecule has 6 nitrogen and oxygen atoms in total. The van der Waals surface area contributed by atoms with Crippen LogP contribution in [0.2, 0.25) is 0 Å². The predicted octanol–water partition coefficient (Wildman–Crippen LogP) is 2.80. The fraction of sp³-hybridized carbons (Fsp3) is 0.789. The van der Waals surface area contributed by atoms with Crippen LogP contribution in [0.15, 0.2) is 12.3 Å². The van der Waals surface area contributed by atoms with E-state index in [1.54, 1.807) is 7.11 Å². The van der Waals surface area contributed by atoms with Crippen molar-refractivity contribution in [2.75, 3.05) is 20.2 Å². The van der Waals surface area contributed by atoms with Crippen molar-refractivity contribution in [3.05, 3.63) is 18.0 Å². The minimum absolute atomic E-state index is 0. The van der Waals surface area contributed by atoms with Gasteiger partial charge in [0, 0.05) is 37.2 Å². The van der Waals surface area contributed by atoms with Crippen molar-refractivity contribution < 1.29 is 9.53 Å². The Balaban J connectivity index is 0.00000243. The minimum atomic E-state index is -0.0693. The van der Waals surface area contributed by atoms with Gasteiger partial charge < -0.3 is 15.4 Å². The predicted molar refractivity (Wildman–Crippen MR) is 105 cm³/mol. The summed E-state index contributed by atoms with van der Waals surface area (Å²) in [6.07, 6.45) is 6.40. The fourth-order valence-corrected chi connectivity index (χ4v) is 5.03. The molecule has 0 spiro atoms. The van der Waals surface area contributed by atoms with Crippen molar-refractivity contribution in [1.29, 1.82) is 0 Å². The second-order valence-electron chi connectivity index (χ2n) is 7.59. The van der Waals surface area contributed by atoms with Crippen LogP contribution in [0.1, 0.15) is 63.0 Å². The molecule has 1 saturated carbocycles. The van der Waals surface area contributed by atoms with Gasteiger partial charge in [0.05, 0.1) is 12.1 Å². The van der Waals surface area contributed by atoms with Crippen LogP contribution >= 0.6 is 12.4 Å². The number of hydrogen-bond donors (Lipinski definition) is 2. The number of nitrogens with one attached hydrogen (secondary N) is 2. The van der Waals surface area contributed by atoms with Gasteiger partial charge in [-0.05, 0) is 38.3 Å². The van der Waals surface area contributed by atoms with Gasteiger partial charge in [0.15, 0.2) is 0 Å². The van der Waals surface area contributed by atoms with Gasteiger partial charge in [-0.15, -0.1) is 12.4 Å². The number of halogens is 1. The first-order valence-corrected chi connectivity index (χ1v) is 9.67. The highest BCUT2D eigenvalue weighted by molar-refractivity contribution is 5.92. The van der Waals surface area contributed by atoms with Crippen LogP contribution in [0.4, 0.5) is 0 Å². The van der Waals surface area contributed by atoms with Crippen molar-refractivity contribution in [1.82, 2.24) is 20.4 Å². The molecule has 7 heteroatoms. The molecule has 4 atom stereocenters. The molecular weight excluding hydrogens is 352 g/mol. The minimum Gasteiger partial charge on any atom is -0.380 e. The number of rotatable bonds is 6. The number of hydrogen-bond acceptors (Lipinski definition) is 4. The molecule has 1 aliphatic carbocycles. The molecule has 3 rings (SSSR count). The van der Waals surface area contributed by atoms with E-state index in [1.165, 1.54) is 0 Å². The van der Waals surface area contributed by atoms with E-state index in [0.717, 1.165) is 38.8 Å². The molecule has 1 aromatic rings. The molecule has 2 N–H and O–H groups in total. The Labute approximate surface area is 162 Å². The van der Waals surface area contributed by atoms with Gasteiger partial charge in [0.25, 0.3) is 5.91 Å². The standard InChI is InChI=1S/C19H32N4O2.ClH/c1-5-19(6-2)16(13(3)17(19)25-4)21-18(24)15-9-11-23(22-15)14-8-7-10-20-12-14;/h9,11,13-14,16-17,20H,5-8,10,12H2,1-4H3,(H,21,24);1H. The van der Waals surface area contributed by atoms with E-state index in [4.69, 9.17) is 4.74 Å². The number of nitrogens with zero attached hydrogens (tertiary/aromatic N) is 2. The Kier molecular flexibility index (Phi) is 7.11. The maximum absolute atomic E-state index is 12.8. The lowest BCUT2D eigenvalue weighted by Crippen LogP contribution is -2.70. The van der Waals surface area contributed by atoms with Crippen LogP contribution in [0.5, 0.6) is 0 Å². The normalized spacial score (nSPS) is 30.2. The third-order valence-electron chi connectivity index (χ3n) is 6.53. The van der Waals surface area contributed by atoms with E-state index >= 15 is 0 Å². The molecule has 0 radical (unpaired) electrons. The largest absolute Gasteiger partial charge is 0.380 e. The Morgan fingerprint density at radius 3 is 2.77 bits per heavy atom. The van der Waals surface area contributed by atoms with Crippen molar-refractivity contribution in [3.8, 4) is 0 Å². The lowest BCUT2D eigenvalue weighted by atomic mass is 9.53. The smallest absolute Gasteiger partial charge is 0.272 e. The molecule has 4 unspecified atom stereocenters. The Morgan fingerprint density at radius 2 is 2.19 bits per heavy atom. The summed E-state index contributed by atoms with van der Waals surface area (Å²) in [5.74, 6) is 0.249. The zero-order valence-corrected chi connectivity index (χ0v) is 17.1. The number of aromatic nitrogens is 2. The van der Waals surface area contributed by atoms with Gasteiger partial charge in [-0.25, -0.2) is 0 Å². The van der Waals surface area contributed by atoms with Crippen LogP contribution in [0, 0.1) is 11.3 Å². The van der Waals surface area contributed by atoms with E-state index in [2.05, 4.69) is 36.5 Å². The third kappa shape index (κ3) is 3.51. The van der Waals surface area contributed by atoms with Crippen molar-refractivity contribution in [2.24, 2.45) is 11.3 Å². The highest BCUT2D eigenvalue weighted by atomic mass is 35.5. The Bertz CT molecular complexity index is 596. The van der Waals surface area contributed by atoms with Crippen LogP contribution in [0.3, 0.4) is 0 Å². The van der Waals surface area contributed by atoms with Gasteiger partial charge in [-0.3, -0.25) is 9.48 Å². The molecule has 0 aromatic carbocycles. The molecule has 1 aliphatic heterocycles. The van der Waals surface area contributed by atoms with Crippen LogP contribution in [0.25, 0.3) is 0 Å². The summed E-state index contributed by atoms with van der Waals surface area (Å²) in [5.41, 5.74) is 0.541. The number of amides is 1. The molecule has 2 fully saturated rings. The van der Waals surface area contributed by atoms with Crippen molar-refractivity contribution in [2.45, 2.75) is 64.6 Å². The molecule has 1 amide bonds. The molecular formula is C19H33ClN4O2. The summed E-state index contributed by atoms with van der Waals surface area (Å²) >= 11 is 0. The van der Waals surface area contributed by atoms with E-state index < -0.39 is 0 Å². The van der Waals surface area contributed by atoms with E-state index in [-0.39, 0.29) is 35.9 Å². The number of methoxy groups -OCH3 is 1. The summed E-state index contributed by atoms with van der Waals surface area (Å²) in [5, 5.41) is 11.2. The van der Waals surface area contributed by atoms with E-state index in [1.807, 2.05) is 16.9 Å². The molecule has 148 valence electrons. The Hall–Kier alpha value is -1.11. The Morgan fingerprint density at radius 1 is 1.46 bits per heavy atom. The first-order chi connectivity index (χ1) is 12.1. The fourth-order valence-electron chi connectivity index (χ4n) is 5.03. The molecule has 2 heterocycles. The first-order valence-electron chi connectivity index (χ1n) is 9.67. The second-order valence-corrected chi connectivity index (χ2v) is 7.59. The zero-order valence-electron chi connectivity index (χ0n) is 16.3. The second kappa shape index (κ2) is 8.72. The topological polar surface area (TPSA) is 68.2 Å². The first kappa shape index (κ1) is 21.2. The van der Waals surface area contributed by atoms with Crippen LogP contribution in [-0.2, 0) is 4.74 Å². The van der Waals surface area contributed by atoms with Crippen LogP contribution in [-0.4, -0.2) is 48.0 Å². The van der Waals surface area contributed by atoms with Gasteiger partial charge >= 0.3 is 0 Å². The SMILES string of the molecule is CCC1(CC)C(NC(=O)c2ccn(C3CCCNC3)n2)C(C)C1OC.Cl. The van der Waals surface area contributed by atoms with Gasteiger partial charge in [0.2, 0.25) is 0 Å². The van der Waals surface area contributed by atoms with E-state index in [0.29, 0.717) is 17.7 Å². The molecule has 0 bridgehead atoms. The van der Waals surface area contributed by atoms with Crippen LogP contribution < -0.4 is 10.6 Å². The number of piperidine rings is 1. The highest BCUT2D eigenvalue weighted by Gasteiger charge is 2.58. The molecule has 1 aromatic heterocycles. The average Bonchev–Trinajstić information content (AvgIpc) is 3.14. The van der Waals surface area contributed by atoms with Gasteiger partial charge in [0.1, 0.15) is 5.69 Å². The summed E-state index contributed by atoms with van der Waals surface area (Å²) < 4.78 is 7.66. The number of carbonyl (C=O) groups is 1. The number of ether oxygens (including phenoxy) is 1. The molecule has 1 saturated heterocycles. The summed E-state index contributed by atoms with van der Waals surface area (Å²) in [4.78, 5) is 12.8. The molecule has 2 aliphatic rings. The lowest BCUT2D eigenvalue weighted by Gasteiger charge is -2.59. The summed E-state index contributed by atoms with van der Waals surface area (Å²) in [6, 6.07) is 2.32. The third-order valence-corrected chi connectivity index (χ3v) is 6.53. The monoisotopic (exact) mass is 384 g/mol. The van der Waals surface area contributed by atoms with Gasteiger partial charge in [-0.1, -0.05) is 20.8 Å². The number of carbonyl (C=O) groups excluding carboxylic acids is 1. The summed E-state index contributed by atoms with van der Waals surface area (Å²) in [7, 11) is 1.78. The zero-order chi connectivity index (χ0) is 18.0. The molecule has 26 heavy (non-hydrogen) atoms.